The molecule has 0 heterocycles. The summed E-state index contributed by atoms with van der Waals surface area (Å²) in [5, 5.41) is 0. The fourth-order valence-corrected chi connectivity index (χ4v) is 1.49. The van der Waals surface area contributed by atoms with E-state index < -0.39 is 0 Å². The van der Waals surface area contributed by atoms with E-state index in [4.69, 9.17) is 10.5 Å². The van der Waals surface area contributed by atoms with Gasteiger partial charge in [0.25, 0.3) is 0 Å². The highest BCUT2D eigenvalue weighted by molar-refractivity contribution is 5.74. The van der Waals surface area contributed by atoms with Crippen LogP contribution in [0.4, 0.5) is 0 Å². The van der Waals surface area contributed by atoms with Gasteiger partial charge in [-0.1, -0.05) is 25.1 Å². The van der Waals surface area contributed by atoms with Crippen molar-refractivity contribution in [2.24, 2.45) is 5.73 Å². The zero-order valence-electron chi connectivity index (χ0n) is 8.49. The molecule has 1 aromatic rings. The van der Waals surface area contributed by atoms with E-state index in [1.165, 1.54) is 0 Å². The molecule has 14 heavy (non-hydrogen) atoms. The minimum absolute atomic E-state index is 0.101. The van der Waals surface area contributed by atoms with Crippen LogP contribution < -0.4 is 10.5 Å². The number of ether oxygens (including phenoxy) is 1. The lowest BCUT2D eigenvalue weighted by Gasteiger charge is -2.13. The average Bonchev–Trinajstić information content (AvgIpc) is 2.16. The highest BCUT2D eigenvalue weighted by Gasteiger charge is 2.12. The second-order valence-electron chi connectivity index (χ2n) is 3.31. The first-order valence-corrected chi connectivity index (χ1v) is 4.56. The van der Waals surface area contributed by atoms with Gasteiger partial charge in [-0.15, -0.1) is 0 Å². The minimum Gasteiger partial charge on any atom is -0.496 e. The molecule has 0 bridgehead atoms. The Labute approximate surface area is 83.9 Å². The standard InChI is InChI=1S/C11H15NO2/c1-8(7-11(12)13)9-5-3-4-6-10(9)14-2/h3-6,8H,7H2,1-2H3,(H2,12,13)/t8-/m1/s1. The van der Waals surface area contributed by atoms with Crippen molar-refractivity contribution in [1.82, 2.24) is 0 Å². The Bertz CT molecular complexity index is 323. The SMILES string of the molecule is COc1ccccc1[C@H](C)CC(N)=O. The zero-order valence-corrected chi connectivity index (χ0v) is 8.49. The highest BCUT2D eigenvalue weighted by atomic mass is 16.5. The number of para-hydroxylation sites is 1. The van der Waals surface area contributed by atoms with Crippen LogP contribution in [0.5, 0.6) is 5.75 Å². The summed E-state index contributed by atoms with van der Waals surface area (Å²) in [5.74, 6) is 0.619. The molecule has 2 N–H and O–H groups in total. The number of amides is 1. The maximum absolute atomic E-state index is 10.8. The Morgan fingerprint density at radius 2 is 2.14 bits per heavy atom. The van der Waals surface area contributed by atoms with Crippen LogP contribution in [0.2, 0.25) is 0 Å². The molecule has 0 fully saturated rings. The number of methoxy groups -OCH3 is 1. The van der Waals surface area contributed by atoms with Gasteiger partial charge < -0.3 is 10.5 Å². The van der Waals surface area contributed by atoms with Crippen LogP contribution in [0.3, 0.4) is 0 Å². The molecule has 1 aromatic carbocycles. The lowest BCUT2D eigenvalue weighted by molar-refractivity contribution is -0.118. The number of benzene rings is 1. The van der Waals surface area contributed by atoms with Crippen LogP contribution in [-0.2, 0) is 4.79 Å². The number of carbonyl (C=O) groups is 1. The Balaban J connectivity index is 2.87. The van der Waals surface area contributed by atoms with E-state index in [1.807, 2.05) is 31.2 Å². The van der Waals surface area contributed by atoms with Gasteiger partial charge in [-0.25, -0.2) is 0 Å². The molecule has 0 aliphatic rings. The molecule has 1 rings (SSSR count). The molecular formula is C11H15NO2. The summed E-state index contributed by atoms with van der Waals surface area (Å²) in [7, 11) is 1.62. The van der Waals surface area contributed by atoms with Gasteiger partial charge in [0.05, 0.1) is 7.11 Å². The smallest absolute Gasteiger partial charge is 0.218 e. The largest absolute Gasteiger partial charge is 0.496 e. The van der Waals surface area contributed by atoms with Crippen LogP contribution in [0.15, 0.2) is 24.3 Å². The van der Waals surface area contributed by atoms with Crippen molar-refractivity contribution < 1.29 is 9.53 Å². The molecule has 0 saturated carbocycles. The fraction of sp³-hybridized carbons (Fsp3) is 0.364. The predicted molar refractivity (Wildman–Crippen MR) is 55.2 cm³/mol. The first kappa shape index (κ1) is 10.6. The molecule has 0 aromatic heterocycles. The van der Waals surface area contributed by atoms with Crippen LogP contribution >= 0.6 is 0 Å². The van der Waals surface area contributed by atoms with E-state index in [9.17, 15) is 4.79 Å². The van der Waals surface area contributed by atoms with Gasteiger partial charge in [-0.05, 0) is 17.5 Å². The van der Waals surface area contributed by atoms with Crippen molar-refractivity contribution in [3.8, 4) is 5.75 Å². The quantitative estimate of drug-likeness (QED) is 0.790. The van der Waals surface area contributed by atoms with Gasteiger partial charge in [0, 0.05) is 6.42 Å². The number of hydrogen-bond acceptors (Lipinski definition) is 2. The topological polar surface area (TPSA) is 52.3 Å². The van der Waals surface area contributed by atoms with Gasteiger partial charge in [-0.2, -0.15) is 0 Å². The van der Waals surface area contributed by atoms with Crippen LogP contribution in [-0.4, -0.2) is 13.0 Å². The van der Waals surface area contributed by atoms with E-state index in [0.717, 1.165) is 11.3 Å². The van der Waals surface area contributed by atoms with Crippen molar-refractivity contribution in [3.05, 3.63) is 29.8 Å². The fourth-order valence-electron chi connectivity index (χ4n) is 1.49. The number of primary amides is 1. The molecule has 0 spiro atoms. The average molecular weight is 193 g/mol. The first-order valence-electron chi connectivity index (χ1n) is 4.56. The second kappa shape index (κ2) is 4.65. The normalized spacial score (nSPS) is 12.1. The number of carbonyl (C=O) groups excluding carboxylic acids is 1. The summed E-state index contributed by atoms with van der Waals surface area (Å²) in [6.45, 7) is 1.96. The number of rotatable bonds is 4. The molecule has 3 heteroatoms. The van der Waals surface area contributed by atoms with Gasteiger partial charge in [-0.3, -0.25) is 4.79 Å². The monoisotopic (exact) mass is 193 g/mol. The van der Waals surface area contributed by atoms with E-state index in [2.05, 4.69) is 0 Å². The lowest BCUT2D eigenvalue weighted by Crippen LogP contribution is -2.14. The molecule has 1 atom stereocenters. The summed E-state index contributed by atoms with van der Waals surface area (Å²) in [4.78, 5) is 10.8. The summed E-state index contributed by atoms with van der Waals surface area (Å²) in [5.41, 5.74) is 6.16. The molecule has 1 amide bonds. The third-order valence-electron chi connectivity index (χ3n) is 2.18. The molecule has 0 unspecified atom stereocenters. The van der Waals surface area contributed by atoms with Crippen LogP contribution in [0.25, 0.3) is 0 Å². The summed E-state index contributed by atoms with van der Waals surface area (Å²) in [6, 6.07) is 7.66. The third-order valence-corrected chi connectivity index (χ3v) is 2.18. The van der Waals surface area contributed by atoms with Gasteiger partial charge in [0.15, 0.2) is 0 Å². The third kappa shape index (κ3) is 2.49. The Hall–Kier alpha value is -1.51. The first-order chi connectivity index (χ1) is 6.65. The molecule has 0 aliphatic heterocycles. The Morgan fingerprint density at radius 3 is 2.71 bits per heavy atom. The molecule has 76 valence electrons. The summed E-state index contributed by atoms with van der Waals surface area (Å²) in [6.07, 6.45) is 0.348. The highest BCUT2D eigenvalue weighted by Crippen LogP contribution is 2.27. The Kier molecular flexibility index (Phi) is 3.51. The predicted octanol–water partition coefficient (Wildman–Crippen LogP) is 1.67. The van der Waals surface area contributed by atoms with Gasteiger partial charge >= 0.3 is 0 Å². The van der Waals surface area contributed by atoms with Gasteiger partial charge in [0.1, 0.15) is 5.75 Å². The molecule has 0 aliphatic carbocycles. The van der Waals surface area contributed by atoms with Crippen molar-refractivity contribution in [1.29, 1.82) is 0 Å². The van der Waals surface area contributed by atoms with Crippen molar-refractivity contribution in [2.75, 3.05) is 7.11 Å². The van der Waals surface area contributed by atoms with Crippen LogP contribution in [0.1, 0.15) is 24.8 Å². The lowest BCUT2D eigenvalue weighted by atomic mass is 9.97. The molecule has 3 nitrogen and oxygen atoms in total. The zero-order chi connectivity index (χ0) is 10.6. The van der Waals surface area contributed by atoms with E-state index in [0.29, 0.717) is 6.42 Å². The van der Waals surface area contributed by atoms with E-state index in [1.54, 1.807) is 7.11 Å². The number of hydrogen-bond donors (Lipinski definition) is 1. The van der Waals surface area contributed by atoms with E-state index >= 15 is 0 Å². The van der Waals surface area contributed by atoms with Crippen LogP contribution in [0, 0.1) is 0 Å². The minimum atomic E-state index is -0.289. The maximum atomic E-state index is 10.8. The Morgan fingerprint density at radius 1 is 1.50 bits per heavy atom. The van der Waals surface area contributed by atoms with Crippen molar-refractivity contribution in [2.45, 2.75) is 19.3 Å². The summed E-state index contributed by atoms with van der Waals surface area (Å²) >= 11 is 0. The summed E-state index contributed by atoms with van der Waals surface area (Å²) < 4.78 is 5.20. The van der Waals surface area contributed by atoms with E-state index in [-0.39, 0.29) is 11.8 Å². The molecular weight excluding hydrogens is 178 g/mol. The van der Waals surface area contributed by atoms with Crippen molar-refractivity contribution in [3.63, 3.8) is 0 Å². The molecule has 0 saturated heterocycles. The second-order valence-corrected chi connectivity index (χ2v) is 3.31. The molecule has 0 radical (unpaired) electrons. The maximum Gasteiger partial charge on any atom is 0.218 e. The number of nitrogens with two attached hydrogens (primary N) is 1. The van der Waals surface area contributed by atoms with Crippen molar-refractivity contribution >= 4 is 5.91 Å². The van der Waals surface area contributed by atoms with Gasteiger partial charge in [0.2, 0.25) is 5.91 Å².